The number of oxazole rings is 1. The third-order valence-corrected chi connectivity index (χ3v) is 5.25. The average Bonchev–Trinajstić information content (AvgIpc) is 3.01. The van der Waals surface area contributed by atoms with Crippen molar-refractivity contribution in [1.82, 2.24) is 14.8 Å². The van der Waals surface area contributed by atoms with Gasteiger partial charge in [-0.3, -0.25) is 0 Å². The van der Waals surface area contributed by atoms with E-state index in [4.69, 9.17) is 21.0 Å². The largest absolute Gasteiger partial charge is 0.440 e. The van der Waals surface area contributed by atoms with Crippen LogP contribution >= 0.6 is 11.6 Å². The van der Waals surface area contributed by atoms with Crippen LogP contribution in [0.4, 0.5) is 4.39 Å². The van der Waals surface area contributed by atoms with Gasteiger partial charge < -0.3 is 14.2 Å². The summed E-state index contributed by atoms with van der Waals surface area (Å²) in [6.07, 6.45) is 4.27. The number of likely N-dealkylation sites (N-methyl/N-ethyl adjacent to an activating group) is 1. The van der Waals surface area contributed by atoms with Gasteiger partial charge in [0.05, 0.1) is 10.7 Å². The Morgan fingerprint density at radius 2 is 1.96 bits per heavy atom. The first-order valence-corrected chi connectivity index (χ1v) is 9.86. The standard InChI is InChI=1S/C21H27ClFN3O/c1-5-6-7-19(26-10-8-25(4)9-11-26)20-21(27-15(3)24-20)16-13-17(22)18(23)12-14(16)2/h7,12-13H,5-6,8-11H2,1-4H3/b19-7-. The molecule has 0 saturated carbocycles. The molecule has 27 heavy (non-hydrogen) atoms. The van der Waals surface area contributed by atoms with Crippen molar-refractivity contribution in [2.24, 2.45) is 0 Å². The lowest BCUT2D eigenvalue weighted by atomic mass is 10.0. The third-order valence-electron chi connectivity index (χ3n) is 4.96. The first-order valence-electron chi connectivity index (χ1n) is 9.48. The van der Waals surface area contributed by atoms with Gasteiger partial charge in [0.1, 0.15) is 11.5 Å². The van der Waals surface area contributed by atoms with Gasteiger partial charge in [-0.15, -0.1) is 0 Å². The molecule has 1 fully saturated rings. The Morgan fingerprint density at radius 3 is 2.63 bits per heavy atom. The van der Waals surface area contributed by atoms with E-state index < -0.39 is 5.82 Å². The Hall–Kier alpha value is -1.85. The van der Waals surface area contributed by atoms with Crippen LogP contribution in [0.2, 0.25) is 5.02 Å². The van der Waals surface area contributed by atoms with Gasteiger partial charge in [0.2, 0.25) is 0 Å². The Morgan fingerprint density at radius 1 is 1.26 bits per heavy atom. The predicted molar refractivity (Wildman–Crippen MR) is 108 cm³/mol. The maximum atomic E-state index is 13.8. The zero-order valence-corrected chi connectivity index (χ0v) is 17.2. The second-order valence-corrected chi connectivity index (χ2v) is 7.57. The van der Waals surface area contributed by atoms with Crippen molar-refractivity contribution in [3.63, 3.8) is 0 Å². The topological polar surface area (TPSA) is 32.5 Å². The molecule has 1 aromatic heterocycles. The highest BCUT2D eigenvalue weighted by molar-refractivity contribution is 6.31. The number of hydrogen-bond acceptors (Lipinski definition) is 4. The number of piperazine rings is 1. The molecule has 0 radical (unpaired) electrons. The Kier molecular flexibility index (Phi) is 6.22. The van der Waals surface area contributed by atoms with E-state index in [2.05, 4.69) is 29.8 Å². The highest BCUT2D eigenvalue weighted by atomic mass is 35.5. The van der Waals surface area contributed by atoms with Crippen molar-refractivity contribution in [3.8, 4) is 11.3 Å². The lowest BCUT2D eigenvalue weighted by molar-refractivity contribution is 0.206. The molecule has 0 atom stereocenters. The fourth-order valence-electron chi connectivity index (χ4n) is 3.38. The average molecular weight is 392 g/mol. The van der Waals surface area contributed by atoms with Gasteiger partial charge in [-0.25, -0.2) is 9.37 Å². The minimum Gasteiger partial charge on any atom is -0.440 e. The Balaban J connectivity index is 2.08. The molecule has 1 aliphatic heterocycles. The SMILES string of the molecule is CCC/C=C(/c1nc(C)oc1-c1cc(Cl)c(F)cc1C)N1CCN(C)CC1. The van der Waals surface area contributed by atoms with Crippen LogP contribution < -0.4 is 0 Å². The molecule has 0 unspecified atom stereocenters. The van der Waals surface area contributed by atoms with Crippen LogP contribution in [-0.2, 0) is 0 Å². The highest BCUT2D eigenvalue weighted by Gasteiger charge is 2.25. The second-order valence-electron chi connectivity index (χ2n) is 7.16. The maximum Gasteiger partial charge on any atom is 0.192 e. The van der Waals surface area contributed by atoms with Gasteiger partial charge in [-0.1, -0.05) is 31.0 Å². The quantitative estimate of drug-likeness (QED) is 0.706. The number of aryl methyl sites for hydroxylation is 2. The second kappa shape index (κ2) is 8.44. The number of unbranched alkanes of at least 4 members (excludes halogenated alkanes) is 1. The van der Waals surface area contributed by atoms with Crippen molar-refractivity contribution in [2.45, 2.75) is 33.6 Å². The molecule has 1 saturated heterocycles. The van der Waals surface area contributed by atoms with E-state index in [0.29, 0.717) is 11.7 Å². The molecule has 0 N–H and O–H groups in total. The van der Waals surface area contributed by atoms with Crippen molar-refractivity contribution in [3.05, 3.63) is 46.2 Å². The Bertz CT molecular complexity index is 838. The van der Waals surface area contributed by atoms with Crippen LogP contribution in [0, 0.1) is 19.7 Å². The maximum absolute atomic E-state index is 13.8. The van der Waals surface area contributed by atoms with Gasteiger partial charge >= 0.3 is 0 Å². The molecule has 2 heterocycles. The molecule has 1 aliphatic rings. The molecule has 0 aliphatic carbocycles. The van der Waals surface area contributed by atoms with E-state index in [0.717, 1.165) is 61.5 Å². The van der Waals surface area contributed by atoms with Crippen LogP contribution in [-0.4, -0.2) is 48.0 Å². The first-order chi connectivity index (χ1) is 12.9. The summed E-state index contributed by atoms with van der Waals surface area (Å²) in [6.45, 7) is 9.78. The zero-order chi connectivity index (χ0) is 19.6. The summed E-state index contributed by atoms with van der Waals surface area (Å²) in [5.41, 5.74) is 3.48. The van der Waals surface area contributed by atoms with Gasteiger partial charge in [-0.05, 0) is 38.1 Å². The Labute approximate surface area is 165 Å². The van der Waals surface area contributed by atoms with Gasteiger partial charge in [-0.2, -0.15) is 0 Å². The lowest BCUT2D eigenvalue weighted by Crippen LogP contribution is -2.43. The predicted octanol–water partition coefficient (Wildman–Crippen LogP) is 5.14. The fraction of sp³-hybridized carbons (Fsp3) is 0.476. The summed E-state index contributed by atoms with van der Waals surface area (Å²) in [6, 6.07) is 3.09. The number of benzene rings is 1. The van der Waals surface area contributed by atoms with Crippen LogP contribution in [0.25, 0.3) is 17.0 Å². The number of aromatic nitrogens is 1. The minimum atomic E-state index is -0.420. The third kappa shape index (κ3) is 4.36. The van der Waals surface area contributed by atoms with Crippen LogP contribution in [0.1, 0.15) is 36.9 Å². The highest BCUT2D eigenvalue weighted by Crippen LogP contribution is 2.36. The molecule has 3 rings (SSSR count). The molecule has 1 aromatic carbocycles. The monoisotopic (exact) mass is 391 g/mol. The van der Waals surface area contributed by atoms with E-state index in [1.54, 1.807) is 6.07 Å². The number of rotatable bonds is 5. The molecule has 4 nitrogen and oxygen atoms in total. The molecule has 146 valence electrons. The molecular formula is C21H27ClFN3O. The number of halogens is 2. The first kappa shape index (κ1) is 19.9. The van der Waals surface area contributed by atoms with E-state index >= 15 is 0 Å². The van der Waals surface area contributed by atoms with Gasteiger partial charge in [0, 0.05) is 38.7 Å². The van der Waals surface area contributed by atoms with Crippen molar-refractivity contribution >= 4 is 17.3 Å². The molecule has 0 bridgehead atoms. The van der Waals surface area contributed by atoms with Crippen LogP contribution in [0.3, 0.4) is 0 Å². The zero-order valence-electron chi connectivity index (χ0n) is 16.5. The van der Waals surface area contributed by atoms with E-state index in [1.807, 2.05) is 13.8 Å². The molecule has 0 amide bonds. The molecule has 2 aromatic rings. The normalized spacial score (nSPS) is 16.2. The number of allylic oxidation sites excluding steroid dienone is 1. The summed E-state index contributed by atoms with van der Waals surface area (Å²) in [4.78, 5) is 9.40. The van der Waals surface area contributed by atoms with E-state index in [9.17, 15) is 4.39 Å². The molecular weight excluding hydrogens is 365 g/mol. The van der Waals surface area contributed by atoms with Gasteiger partial charge in [0.15, 0.2) is 11.7 Å². The summed E-state index contributed by atoms with van der Waals surface area (Å²) in [5, 5.41) is 0.0919. The summed E-state index contributed by atoms with van der Waals surface area (Å²) >= 11 is 6.06. The van der Waals surface area contributed by atoms with Gasteiger partial charge in [0.25, 0.3) is 0 Å². The molecule has 6 heteroatoms. The van der Waals surface area contributed by atoms with Crippen LogP contribution in [0.5, 0.6) is 0 Å². The number of nitrogens with zero attached hydrogens (tertiary/aromatic N) is 3. The number of hydrogen-bond donors (Lipinski definition) is 0. The summed E-state index contributed by atoms with van der Waals surface area (Å²) in [5.74, 6) is 0.834. The lowest BCUT2D eigenvalue weighted by Gasteiger charge is -2.35. The van der Waals surface area contributed by atoms with Crippen molar-refractivity contribution in [2.75, 3.05) is 33.2 Å². The summed E-state index contributed by atoms with van der Waals surface area (Å²) < 4.78 is 19.8. The smallest absolute Gasteiger partial charge is 0.192 e. The summed E-state index contributed by atoms with van der Waals surface area (Å²) in [7, 11) is 2.14. The fourth-order valence-corrected chi connectivity index (χ4v) is 3.54. The van der Waals surface area contributed by atoms with Crippen molar-refractivity contribution in [1.29, 1.82) is 0 Å². The van der Waals surface area contributed by atoms with E-state index in [1.165, 1.54) is 6.07 Å². The van der Waals surface area contributed by atoms with Crippen molar-refractivity contribution < 1.29 is 8.81 Å². The molecule has 0 spiro atoms. The minimum absolute atomic E-state index is 0.0919. The van der Waals surface area contributed by atoms with E-state index in [-0.39, 0.29) is 5.02 Å². The van der Waals surface area contributed by atoms with Crippen LogP contribution in [0.15, 0.2) is 22.6 Å².